The van der Waals surface area contributed by atoms with Crippen molar-refractivity contribution in [1.82, 2.24) is 0 Å². The number of thioether (sulfide) groups is 1. The molecule has 2 nitrogen and oxygen atoms in total. The second kappa shape index (κ2) is 7.74. The van der Waals surface area contributed by atoms with Crippen LogP contribution >= 0.6 is 11.8 Å². The van der Waals surface area contributed by atoms with Gasteiger partial charge in [0.1, 0.15) is 0 Å². The van der Waals surface area contributed by atoms with E-state index >= 15 is 0 Å². The molecule has 0 spiro atoms. The number of rotatable bonds is 7. The van der Waals surface area contributed by atoms with Crippen LogP contribution in [-0.4, -0.2) is 30.2 Å². The molecule has 3 heteroatoms. The summed E-state index contributed by atoms with van der Waals surface area (Å²) in [5, 5.41) is 9.51. The average Bonchev–Trinajstić information content (AvgIpc) is 2.28. The fourth-order valence-electron chi connectivity index (χ4n) is 1.19. The van der Waals surface area contributed by atoms with Crippen LogP contribution in [-0.2, 0) is 10.5 Å². The molecule has 1 N–H and O–H groups in total. The van der Waals surface area contributed by atoms with Crippen molar-refractivity contribution >= 4 is 11.8 Å². The maximum atomic E-state index is 9.51. The first kappa shape index (κ1) is 12.6. The molecule has 0 bridgehead atoms. The molecule has 1 aromatic carbocycles. The Kier molecular flexibility index (Phi) is 6.48. The zero-order valence-electron chi connectivity index (χ0n) is 9.06. The number of aliphatic hydroxyl groups excluding tert-OH is 1. The van der Waals surface area contributed by atoms with E-state index in [9.17, 15) is 5.11 Å². The second-order valence-electron chi connectivity index (χ2n) is 3.31. The van der Waals surface area contributed by atoms with Crippen molar-refractivity contribution in [3.63, 3.8) is 0 Å². The van der Waals surface area contributed by atoms with Gasteiger partial charge in [0.15, 0.2) is 0 Å². The Morgan fingerprint density at radius 1 is 1.33 bits per heavy atom. The van der Waals surface area contributed by atoms with Crippen molar-refractivity contribution in [1.29, 1.82) is 0 Å². The molecule has 1 atom stereocenters. The van der Waals surface area contributed by atoms with Crippen molar-refractivity contribution < 1.29 is 9.84 Å². The maximum absolute atomic E-state index is 9.51. The van der Waals surface area contributed by atoms with Gasteiger partial charge in [0.25, 0.3) is 0 Å². The van der Waals surface area contributed by atoms with Gasteiger partial charge in [0.2, 0.25) is 0 Å². The fourth-order valence-corrected chi connectivity index (χ4v) is 2.10. The van der Waals surface area contributed by atoms with E-state index in [1.165, 1.54) is 5.56 Å². The van der Waals surface area contributed by atoms with Gasteiger partial charge >= 0.3 is 0 Å². The van der Waals surface area contributed by atoms with Crippen LogP contribution < -0.4 is 0 Å². The van der Waals surface area contributed by atoms with Gasteiger partial charge < -0.3 is 9.84 Å². The van der Waals surface area contributed by atoms with Crippen LogP contribution in [0, 0.1) is 0 Å². The monoisotopic (exact) mass is 226 g/mol. The van der Waals surface area contributed by atoms with Crippen molar-refractivity contribution in [3.05, 3.63) is 35.9 Å². The maximum Gasteiger partial charge on any atom is 0.0863 e. The van der Waals surface area contributed by atoms with Crippen LogP contribution in [0.25, 0.3) is 0 Å². The second-order valence-corrected chi connectivity index (χ2v) is 4.34. The van der Waals surface area contributed by atoms with Crippen molar-refractivity contribution in [2.75, 3.05) is 19.0 Å². The molecular formula is C12H18O2S. The largest absolute Gasteiger partial charge is 0.390 e. The summed E-state index contributed by atoms with van der Waals surface area (Å²) in [5.41, 5.74) is 1.30. The first-order chi connectivity index (χ1) is 7.33. The molecule has 0 saturated carbocycles. The van der Waals surface area contributed by atoms with E-state index in [4.69, 9.17) is 4.74 Å². The molecule has 0 amide bonds. The van der Waals surface area contributed by atoms with Crippen LogP contribution in [0.1, 0.15) is 12.5 Å². The van der Waals surface area contributed by atoms with E-state index < -0.39 is 0 Å². The van der Waals surface area contributed by atoms with Gasteiger partial charge in [-0.15, -0.1) is 0 Å². The lowest BCUT2D eigenvalue weighted by atomic mass is 10.2. The zero-order chi connectivity index (χ0) is 10.9. The molecule has 1 rings (SSSR count). The standard InChI is InChI=1S/C12H18O2S/c1-2-14-8-12(13)10-15-9-11-6-4-3-5-7-11/h3-7,12-13H,2,8-10H2,1H3/t12-/m1/s1. The Labute approximate surface area is 95.7 Å². The van der Waals surface area contributed by atoms with Gasteiger partial charge in [-0.1, -0.05) is 30.3 Å². The van der Waals surface area contributed by atoms with E-state index in [1.54, 1.807) is 11.8 Å². The number of hydrogen-bond acceptors (Lipinski definition) is 3. The van der Waals surface area contributed by atoms with Crippen LogP contribution in [0.15, 0.2) is 30.3 Å². The number of aliphatic hydroxyl groups is 1. The minimum Gasteiger partial charge on any atom is -0.390 e. The van der Waals surface area contributed by atoms with Gasteiger partial charge in [-0.3, -0.25) is 0 Å². The molecule has 0 aliphatic carbocycles. The highest BCUT2D eigenvalue weighted by molar-refractivity contribution is 7.98. The molecule has 1 aromatic rings. The summed E-state index contributed by atoms with van der Waals surface area (Å²) < 4.78 is 5.13. The smallest absolute Gasteiger partial charge is 0.0863 e. The molecule has 0 aliphatic heterocycles. The highest BCUT2D eigenvalue weighted by Crippen LogP contribution is 2.12. The highest BCUT2D eigenvalue weighted by atomic mass is 32.2. The molecule has 0 aliphatic rings. The SMILES string of the molecule is CCOC[C@@H](O)CSCc1ccccc1. The molecule has 0 saturated heterocycles. The minimum atomic E-state index is -0.348. The lowest BCUT2D eigenvalue weighted by molar-refractivity contribution is 0.0551. The molecule has 15 heavy (non-hydrogen) atoms. The lowest BCUT2D eigenvalue weighted by Gasteiger charge is -2.09. The molecule has 0 radical (unpaired) electrons. The van der Waals surface area contributed by atoms with E-state index in [0.29, 0.717) is 13.2 Å². The van der Waals surface area contributed by atoms with E-state index in [2.05, 4.69) is 12.1 Å². The Morgan fingerprint density at radius 2 is 2.07 bits per heavy atom. The minimum absolute atomic E-state index is 0.348. The molecule has 0 heterocycles. The van der Waals surface area contributed by atoms with Crippen molar-refractivity contribution in [3.8, 4) is 0 Å². The fraction of sp³-hybridized carbons (Fsp3) is 0.500. The molecule has 84 valence electrons. The predicted molar refractivity (Wildman–Crippen MR) is 65.1 cm³/mol. The van der Waals surface area contributed by atoms with Crippen molar-refractivity contribution in [2.24, 2.45) is 0 Å². The summed E-state index contributed by atoms with van der Waals surface area (Å²) in [6, 6.07) is 10.3. The third-order valence-electron chi connectivity index (χ3n) is 1.94. The first-order valence-corrected chi connectivity index (χ1v) is 6.36. The molecule has 0 aromatic heterocycles. The van der Waals surface area contributed by atoms with E-state index in [1.807, 2.05) is 25.1 Å². The lowest BCUT2D eigenvalue weighted by Crippen LogP contribution is -2.17. The summed E-state index contributed by atoms with van der Waals surface area (Å²) in [7, 11) is 0. The van der Waals surface area contributed by atoms with Gasteiger partial charge in [0.05, 0.1) is 12.7 Å². The number of benzene rings is 1. The highest BCUT2D eigenvalue weighted by Gasteiger charge is 2.03. The predicted octanol–water partition coefficient (Wildman–Crippen LogP) is 2.32. The molecule has 0 fully saturated rings. The Hall–Kier alpha value is -0.510. The summed E-state index contributed by atoms with van der Waals surface area (Å²) in [6.45, 7) is 3.04. The van der Waals surface area contributed by atoms with Crippen LogP contribution in [0.4, 0.5) is 0 Å². The Balaban J connectivity index is 2.11. The molecular weight excluding hydrogens is 208 g/mol. The first-order valence-electron chi connectivity index (χ1n) is 5.20. The van der Waals surface area contributed by atoms with E-state index in [0.717, 1.165) is 11.5 Å². The summed E-state index contributed by atoms with van der Waals surface area (Å²) in [6.07, 6.45) is -0.348. The van der Waals surface area contributed by atoms with Gasteiger partial charge in [-0.05, 0) is 12.5 Å². The van der Waals surface area contributed by atoms with Gasteiger partial charge in [-0.2, -0.15) is 11.8 Å². The summed E-state index contributed by atoms with van der Waals surface area (Å²) >= 11 is 1.73. The number of hydrogen-bond donors (Lipinski definition) is 1. The normalized spacial score (nSPS) is 12.7. The summed E-state index contributed by atoms with van der Waals surface area (Å²) in [5.74, 6) is 1.68. The van der Waals surface area contributed by atoms with E-state index in [-0.39, 0.29) is 6.10 Å². The molecule has 0 unspecified atom stereocenters. The van der Waals surface area contributed by atoms with Gasteiger partial charge in [0, 0.05) is 18.1 Å². The van der Waals surface area contributed by atoms with Crippen LogP contribution in [0.2, 0.25) is 0 Å². The quantitative estimate of drug-likeness (QED) is 0.773. The third kappa shape index (κ3) is 5.82. The van der Waals surface area contributed by atoms with Crippen molar-refractivity contribution in [2.45, 2.75) is 18.8 Å². The topological polar surface area (TPSA) is 29.5 Å². The Morgan fingerprint density at radius 3 is 2.73 bits per heavy atom. The third-order valence-corrected chi connectivity index (χ3v) is 3.09. The van der Waals surface area contributed by atoms with Gasteiger partial charge in [-0.25, -0.2) is 0 Å². The number of ether oxygens (including phenoxy) is 1. The Bertz CT molecular complexity index is 251. The zero-order valence-corrected chi connectivity index (χ0v) is 9.87. The van der Waals surface area contributed by atoms with Crippen LogP contribution in [0.5, 0.6) is 0 Å². The van der Waals surface area contributed by atoms with Crippen LogP contribution in [0.3, 0.4) is 0 Å². The summed E-state index contributed by atoms with van der Waals surface area (Å²) in [4.78, 5) is 0. The average molecular weight is 226 g/mol.